The van der Waals surface area contributed by atoms with E-state index < -0.39 is 10.5 Å². The summed E-state index contributed by atoms with van der Waals surface area (Å²) in [6.07, 6.45) is 2.59. The number of nitrogens with zero attached hydrogens (tertiary/aromatic N) is 6. The molecule has 6 rings (SSSR count). The third-order valence-corrected chi connectivity index (χ3v) is 7.02. The topological polar surface area (TPSA) is 130 Å². The third-order valence-electron chi connectivity index (χ3n) is 6.49. The number of imidazole rings is 1. The lowest BCUT2D eigenvalue weighted by Gasteiger charge is -2.28. The van der Waals surface area contributed by atoms with Gasteiger partial charge in [0.25, 0.3) is 0 Å². The summed E-state index contributed by atoms with van der Waals surface area (Å²) in [5, 5.41) is 32.7. The molecule has 0 bridgehead atoms. The van der Waals surface area contributed by atoms with E-state index in [-0.39, 0.29) is 24.8 Å². The van der Waals surface area contributed by atoms with E-state index in [4.69, 9.17) is 9.47 Å². The van der Waals surface area contributed by atoms with E-state index in [0.717, 1.165) is 10.0 Å². The van der Waals surface area contributed by atoms with E-state index in [9.17, 15) is 15.2 Å². The van der Waals surface area contributed by atoms with Gasteiger partial charge < -0.3 is 29.3 Å². The molecular formula is C27H21BrN6O5. The molecule has 0 amide bonds. The molecule has 5 aromatic rings. The Labute approximate surface area is 230 Å². The number of benzene rings is 3. The Bertz CT molecular complexity index is 1650. The monoisotopic (exact) mass is 588 g/mol. The summed E-state index contributed by atoms with van der Waals surface area (Å²) in [6.45, 7) is 0.414. The molecule has 0 spiro atoms. The number of aromatic nitrogens is 5. The average Bonchev–Trinajstić information content (AvgIpc) is 3.69. The molecule has 0 saturated carbocycles. The van der Waals surface area contributed by atoms with Gasteiger partial charge >= 0.3 is 5.82 Å². The predicted octanol–water partition coefficient (Wildman–Crippen LogP) is 4.53. The lowest BCUT2D eigenvalue weighted by Crippen LogP contribution is -2.34. The Morgan fingerprint density at radius 2 is 1.82 bits per heavy atom. The third kappa shape index (κ3) is 4.75. The van der Waals surface area contributed by atoms with Crippen molar-refractivity contribution in [3.63, 3.8) is 0 Å². The smallest absolute Gasteiger partial charge is 0.381 e. The van der Waals surface area contributed by atoms with Crippen LogP contribution in [0.15, 0.2) is 89.8 Å². The highest BCUT2D eigenvalue weighted by Crippen LogP contribution is 2.41. The van der Waals surface area contributed by atoms with Crippen molar-refractivity contribution >= 4 is 21.7 Å². The fraction of sp³-hybridized carbons (Fsp3) is 0.148. The SMILES string of the molecule is O=[N+]([O-])c1cn(CC(O)(c2ccc(Br)cc2)c2nnn(Cc3ccccc3)c2-c2ccc3c(c2)OCO3)cn1. The van der Waals surface area contributed by atoms with Crippen LogP contribution in [-0.2, 0) is 18.7 Å². The second kappa shape index (κ2) is 9.97. The van der Waals surface area contributed by atoms with E-state index >= 15 is 0 Å². The van der Waals surface area contributed by atoms with E-state index in [1.807, 2.05) is 54.6 Å². The van der Waals surface area contributed by atoms with Gasteiger partial charge in [0.1, 0.15) is 11.9 Å². The van der Waals surface area contributed by atoms with Gasteiger partial charge in [0, 0.05) is 10.0 Å². The molecule has 0 fully saturated rings. The van der Waals surface area contributed by atoms with Gasteiger partial charge in [-0.2, -0.15) is 0 Å². The standard InChI is InChI=1S/C27H21BrN6O5/c28-21-9-7-20(8-10-21)27(35,15-32-14-24(29-16-32)34(36)37)26-25(19-6-11-22-23(12-19)39-17-38-22)33(31-30-26)13-18-4-2-1-3-5-18/h1-12,14,16,35H,13,15,17H2. The molecule has 11 nitrogen and oxygen atoms in total. The van der Waals surface area contributed by atoms with Crippen LogP contribution in [0.1, 0.15) is 16.8 Å². The van der Waals surface area contributed by atoms with Gasteiger partial charge in [-0.3, -0.25) is 0 Å². The van der Waals surface area contributed by atoms with Crippen molar-refractivity contribution < 1.29 is 19.5 Å². The number of nitro groups is 1. The first-order chi connectivity index (χ1) is 18.9. The summed E-state index contributed by atoms with van der Waals surface area (Å²) in [7, 11) is 0. The minimum absolute atomic E-state index is 0.100. The Morgan fingerprint density at radius 1 is 1.05 bits per heavy atom. The number of hydrogen-bond acceptors (Lipinski definition) is 8. The summed E-state index contributed by atoms with van der Waals surface area (Å²) < 4.78 is 15.1. The molecule has 3 aromatic carbocycles. The molecule has 1 N–H and O–H groups in total. The Balaban J connectivity index is 1.53. The zero-order valence-electron chi connectivity index (χ0n) is 20.3. The molecule has 196 valence electrons. The minimum atomic E-state index is -1.74. The van der Waals surface area contributed by atoms with E-state index in [1.165, 1.54) is 17.1 Å². The Morgan fingerprint density at radius 3 is 2.56 bits per heavy atom. The maximum atomic E-state index is 12.5. The maximum Gasteiger partial charge on any atom is 0.381 e. The van der Waals surface area contributed by atoms with Gasteiger partial charge in [0.15, 0.2) is 17.1 Å². The van der Waals surface area contributed by atoms with Crippen molar-refractivity contribution in [1.29, 1.82) is 0 Å². The number of aliphatic hydroxyl groups is 1. The molecule has 1 aliphatic rings. The number of rotatable bonds is 8. The van der Waals surface area contributed by atoms with Crippen LogP contribution in [0.2, 0.25) is 0 Å². The predicted molar refractivity (Wildman–Crippen MR) is 143 cm³/mol. The average molecular weight is 589 g/mol. The number of fused-ring (bicyclic) bond motifs is 1. The molecule has 12 heteroatoms. The molecule has 0 aliphatic carbocycles. The van der Waals surface area contributed by atoms with E-state index in [2.05, 4.69) is 31.2 Å². The van der Waals surface area contributed by atoms with E-state index in [1.54, 1.807) is 22.9 Å². The molecule has 3 heterocycles. The van der Waals surface area contributed by atoms with Crippen molar-refractivity contribution in [3.05, 3.63) is 117 Å². The van der Waals surface area contributed by atoms with Crippen LogP contribution in [0.4, 0.5) is 5.82 Å². The van der Waals surface area contributed by atoms with Crippen LogP contribution in [0.3, 0.4) is 0 Å². The van der Waals surface area contributed by atoms with Crippen LogP contribution in [0.25, 0.3) is 11.3 Å². The summed E-state index contributed by atoms with van der Waals surface area (Å²) in [6, 6.07) is 22.4. The highest BCUT2D eigenvalue weighted by atomic mass is 79.9. The molecule has 0 saturated heterocycles. The highest BCUT2D eigenvalue weighted by molar-refractivity contribution is 9.10. The number of hydrogen-bond donors (Lipinski definition) is 1. The van der Waals surface area contributed by atoms with Crippen molar-refractivity contribution in [2.24, 2.45) is 0 Å². The van der Waals surface area contributed by atoms with Gasteiger partial charge in [0.05, 0.1) is 18.8 Å². The molecule has 2 aromatic heterocycles. The van der Waals surface area contributed by atoms with Crippen LogP contribution >= 0.6 is 15.9 Å². The van der Waals surface area contributed by atoms with Crippen LogP contribution in [0, 0.1) is 10.1 Å². The van der Waals surface area contributed by atoms with Gasteiger partial charge in [-0.15, -0.1) is 5.10 Å². The highest BCUT2D eigenvalue weighted by Gasteiger charge is 2.40. The maximum absolute atomic E-state index is 12.5. The summed E-state index contributed by atoms with van der Waals surface area (Å²) in [5.74, 6) is 0.872. The van der Waals surface area contributed by atoms with Crippen molar-refractivity contribution in [2.75, 3.05) is 6.79 Å². The normalized spacial score (nSPS) is 13.8. The Kier molecular flexibility index (Phi) is 6.33. The molecule has 39 heavy (non-hydrogen) atoms. The minimum Gasteiger partial charge on any atom is -0.454 e. The summed E-state index contributed by atoms with van der Waals surface area (Å²) in [5.41, 5.74) is 1.33. The van der Waals surface area contributed by atoms with Gasteiger partial charge in [-0.25, -0.2) is 4.68 Å². The first-order valence-electron chi connectivity index (χ1n) is 11.9. The first-order valence-corrected chi connectivity index (χ1v) is 12.7. The largest absolute Gasteiger partial charge is 0.454 e. The van der Waals surface area contributed by atoms with Gasteiger partial charge in [0.2, 0.25) is 13.1 Å². The van der Waals surface area contributed by atoms with Gasteiger partial charge in [-0.05, 0) is 51.4 Å². The molecule has 0 radical (unpaired) electrons. The molecular weight excluding hydrogens is 568 g/mol. The van der Waals surface area contributed by atoms with Gasteiger partial charge in [-0.1, -0.05) is 63.6 Å². The van der Waals surface area contributed by atoms with Crippen molar-refractivity contribution in [1.82, 2.24) is 24.5 Å². The van der Waals surface area contributed by atoms with Crippen molar-refractivity contribution in [2.45, 2.75) is 18.7 Å². The zero-order valence-corrected chi connectivity index (χ0v) is 21.9. The first kappa shape index (κ1) is 24.8. The van der Waals surface area contributed by atoms with Crippen LogP contribution in [0.5, 0.6) is 11.5 Å². The zero-order chi connectivity index (χ0) is 27.0. The lowest BCUT2D eigenvalue weighted by atomic mass is 9.87. The lowest BCUT2D eigenvalue weighted by molar-refractivity contribution is -0.389. The fourth-order valence-electron chi connectivity index (χ4n) is 4.61. The van der Waals surface area contributed by atoms with Crippen molar-refractivity contribution in [3.8, 4) is 22.8 Å². The van der Waals surface area contributed by atoms with E-state index in [0.29, 0.717) is 34.9 Å². The summed E-state index contributed by atoms with van der Waals surface area (Å²) in [4.78, 5) is 14.6. The Hall–Kier alpha value is -4.55. The second-order valence-corrected chi connectivity index (χ2v) is 9.94. The van der Waals surface area contributed by atoms with Crippen LogP contribution in [-0.4, -0.2) is 41.4 Å². The molecule has 1 unspecified atom stereocenters. The molecule has 1 aliphatic heterocycles. The fourth-order valence-corrected chi connectivity index (χ4v) is 4.87. The number of ether oxygens (including phenoxy) is 2. The summed E-state index contributed by atoms with van der Waals surface area (Å²) >= 11 is 3.45. The second-order valence-electron chi connectivity index (χ2n) is 9.03. The quantitative estimate of drug-likeness (QED) is 0.207. The number of halogens is 1. The molecule has 1 atom stereocenters. The van der Waals surface area contributed by atoms with Crippen LogP contribution < -0.4 is 9.47 Å².